The third kappa shape index (κ3) is 14.6. The molecule has 0 saturated heterocycles. The van der Waals surface area contributed by atoms with Crippen LogP contribution in [0.2, 0.25) is 0 Å². The lowest BCUT2D eigenvalue weighted by molar-refractivity contribution is -0.122. The van der Waals surface area contributed by atoms with Crippen LogP contribution in [-0.2, 0) is 14.4 Å². The second-order valence-electron chi connectivity index (χ2n) is 5.14. The van der Waals surface area contributed by atoms with Crippen LogP contribution in [0.25, 0.3) is 0 Å². The average Bonchev–Trinajstić information content (AvgIpc) is 2.45. The first-order valence-corrected chi connectivity index (χ1v) is 7.88. The van der Waals surface area contributed by atoms with E-state index in [2.05, 4.69) is 10.6 Å². The number of carbonyl (C=O) groups is 3. The van der Waals surface area contributed by atoms with Crippen LogP contribution in [0, 0.1) is 0 Å². The first kappa shape index (κ1) is 19.4. The molecule has 0 fully saturated rings. The van der Waals surface area contributed by atoms with Crippen molar-refractivity contribution >= 4 is 17.7 Å². The molecule has 0 unspecified atom stereocenters. The number of rotatable bonds is 13. The zero-order valence-corrected chi connectivity index (χ0v) is 13.1. The highest BCUT2D eigenvalue weighted by Gasteiger charge is 2.01. The number of carbonyl (C=O) groups excluding carboxylic acids is 3. The summed E-state index contributed by atoms with van der Waals surface area (Å²) in [6, 6.07) is 0. The summed E-state index contributed by atoms with van der Waals surface area (Å²) in [4.78, 5) is 33.0. The van der Waals surface area contributed by atoms with Gasteiger partial charge in [-0.1, -0.05) is 19.8 Å². The summed E-state index contributed by atoms with van der Waals surface area (Å²) in [5.41, 5.74) is 5.04. The summed E-state index contributed by atoms with van der Waals surface area (Å²) in [6.45, 7) is 3.17. The average molecular weight is 299 g/mol. The minimum atomic E-state index is -0.269. The smallest absolute Gasteiger partial charge is 0.219 e. The van der Waals surface area contributed by atoms with Gasteiger partial charge in [0.05, 0.1) is 0 Å². The molecule has 0 aliphatic carbocycles. The quantitative estimate of drug-likeness (QED) is 0.446. The Morgan fingerprint density at radius 2 is 1.29 bits per heavy atom. The van der Waals surface area contributed by atoms with Crippen molar-refractivity contribution in [3.63, 3.8) is 0 Å². The van der Waals surface area contributed by atoms with Crippen molar-refractivity contribution in [1.82, 2.24) is 10.6 Å². The molecule has 0 aliphatic heterocycles. The molecule has 0 radical (unpaired) electrons. The van der Waals surface area contributed by atoms with Gasteiger partial charge in [0.25, 0.3) is 0 Å². The van der Waals surface area contributed by atoms with E-state index in [0.717, 1.165) is 38.5 Å². The minimum absolute atomic E-state index is 0.0718. The second-order valence-corrected chi connectivity index (χ2v) is 5.14. The lowest BCUT2D eigenvalue weighted by atomic mass is 10.1. The van der Waals surface area contributed by atoms with Crippen molar-refractivity contribution < 1.29 is 14.4 Å². The first-order chi connectivity index (χ1) is 10.1. The Hall–Kier alpha value is -1.59. The highest BCUT2D eigenvalue weighted by atomic mass is 16.2. The lowest BCUT2D eigenvalue weighted by Crippen LogP contribution is -2.24. The van der Waals surface area contributed by atoms with Crippen LogP contribution in [-0.4, -0.2) is 30.8 Å². The van der Waals surface area contributed by atoms with E-state index in [0.29, 0.717) is 32.4 Å². The van der Waals surface area contributed by atoms with Crippen molar-refractivity contribution in [3.05, 3.63) is 0 Å². The molecule has 0 aromatic heterocycles. The molecule has 0 heterocycles. The monoisotopic (exact) mass is 299 g/mol. The molecule has 4 N–H and O–H groups in total. The van der Waals surface area contributed by atoms with Crippen LogP contribution in [0.4, 0.5) is 0 Å². The molecule has 122 valence electrons. The normalized spacial score (nSPS) is 10.1. The molecule has 6 heteroatoms. The SMILES string of the molecule is CCC(=O)NCCCCCC(=O)NCCCCCC(N)=O. The molecule has 0 atom stereocenters. The van der Waals surface area contributed by atoms with Gasteiger partial charge in [0.2, 0.25) is 17.7 Å². The Morgan fingerprint density at radius 1 is 0.762 bits per heavy atom. The topological polar surface area (TPSA) is 101 Å². The van der Waals surface area contributed by atoms with Gasteiger partial charge >= 0.3 is 0 Å². The third-order valence-electron chi connectivity index (χ3n) is 3.15. The fraction of sp³-hybridized carbons (Fsp3) is 0.800. The van der Waals surface area contributed by atoms with E-state index < -0.39 is 0 Å². The van der Waals surface area contributed by atoms with Crippen molar-refractivity contribution in [1.29, 1.82) is 0 Å². The molecule has 0 rings (SSSR count). The summed E-state index contributed by atoms with van der Waals surface area (Å²) >= 11 is 0. The predicted octanol–water partition coefficient (Wildman–Crippen LogP) is 1.23. The van der Waals surface area contributed by atoms with Gasteiger partial charge < -0.3 is 16.4 Å². The number of hydrogen-bond acceptors (Lipinski definition) is 3. The van der Waals surface area contributed by atoms with E-state index in [1.54, 1.807) is 0 Å². The second kappa shape index (κ2) is 13.4. The van der Waals surface area contributed by atoms with Gasteiger partial charge in [-0.05, 0) is 25.7 Å². The predicted molar refractivity (Wildman–Crippen MR) is 82.4 cm³/mol. The van der Waals surface area contributed by atoms with Gasteiger partial charge in [0, 0.05) is 32.4 Å². The number of unbranched alkanes of at least 4 members (excludes halogenated alkanes) is 4. The molecule has 0 aromatic rings. The molecule has 3 amide bonds. The molecule has 0 spiro atoms. The van der Waals surface area contributed by atoms with Gasteiger partial charge in [0.1, 0.15) is 0 Å². The fourth-order valence-electron chi connectivity index (χ4n) is 1.86. The highest BCUT2D eigenvalue weighted by molar-refractivity contribution is 5.76. The van der Waals surface area contributed by atoms with E-state index in [1.807, 2.05) is 6.92 Å². The van der Waals surface area contributed by atoms with Crippen LogP contribution < -0.4 is 16.4 Å². The van der Waals surface area contributed by atoms with Gasteiger partial charge in [0.15, 0.2) is 0 Å². The molecule has 21 heavy (non-hydrogen) atoms. The maximum absolute atomic E-state index is 11.5. The molecule has 0 aliphatic rings. The Morgan fingerprint density at radius 3 is 1.81 bits per heavy atom. The van der Waals surface area contributed by atoms with E-state index in [-0.39, 0.29) is 17.7 Å². The number of primary amides is 1. The van der Waals surface area contributed by atoms with E-state index in [1.165, 1.54) is 0 Å². The Labute approximate surface area is 127 Å². The number of nitrogens with one attached hydrogen (secondary N) is 2. The minimum Gasteiger partial charge on any atom is -0.370 e. The number of amides is 3. The maximum atomic E-state index is 11.5. The number of hydrogen-bond donors (Lipinski definition) is 3. The van der Waals surface area contributed by atoms with E-state index >= 15 is 0 Å². The van der Waals surface area contributed by atoms with Crippen LogP contribution in [0.3, 0.4) is 0 Å². The van der Waals surface area contributed by atoms with Crippen molar-refractivity contribution in [2.45, 2.75) is 64.7 Å². The van der Waals surface area contributed by atoms with E-state index in [9.17, 15) is 14.4 Å². The lowest BCUT2D eigenvalue weighted by Gasteiger charge is -2.05. The molecule has 0 bridgehead atoms. The van der Waals surface area contributed by atoms with Gasteiger partial charge in [-0.15, -0.1) is 0 Å². The zero-order valence-electron chi connectivity index (χ0n) is 13.1. The summed E-state index contributed by atoms with van der Waals surface area (Å²) in [6.07, 6.45) is 6.72. The van der Waals surface area contributed by atoms with Crippen LogP contribution in [0.15, 0.2) is 0 Å². The first-order valence-electron chi connectivity index (χ1n) is 7.88. The Kier molecular flexibility index (Phi) is 12.4. The third-order valence-corrected chi connectivity index (χ3v) is 3.15. The van der Waals surface area contributed by atoms with Crippen molar-refractivity contribution in [3.8, 4) is 0 Å². The van der Waals surface area contributed by atoms with Gasteiger partial charge in [-0.3, -0.25) is 14.4 Å². The fourth-order valence-corrected chi connectivity index (χ4v) is 1.86. The van der Waals surface area contributed by atoms with Crippen LogP contribution in [0.5, 0.6) is 0 Å². The molecular weight excluding hydrogens is 270 g/mol. The summed E-state index contributed by atoms with van der Waals surface area (Å²) in [5, 5.41) is 5.67. The zero-order chi connectivity index (χ0) is 15.9. The van der Waals surface area contributed by atoms with Gasteiger partial charge in [-0.25, -0.2) is 0 Å². The number of nitrogens with two attached hydrogens (primary N) is 1. The summed E-state index contributed by atoms with van der Waals surface area (Å²) in [7, 11) is 0. The Bertz CT molecular complexity index is 319. The maximum Gasteiger partial charge on any atom is 0.219 e. The molecular formula is C15H29N3O3. The molecule has 0 saturated carbocycles. The van der Waals surface area contributed by atoms with E-state index in [4.69, 9.17) is 5.73 Å². The van der Waals surface area contributed by atoms with Crippen LogP contribution in [0.1, 0.15) is 64.7 Å². The Balaban J connectivity index is 3.27. The highest BCUT2D eigenvalue weighted by Crippen LogP contribution is 2.00. The summed E-state index contributed by atoms with van der Waals surface area (Å²) in [5.74, 6) is -0.124. The standard InChI is InChI=1S/C15H29N3O3/c1-2-14(20)17-11-8-4-6-10-15(21)18-12-7-3-5-9-13(16)19/h2-12H2,1H3,(H2,16,19)(H,17,20)(H,18,21). The van der Waals surface area contributed by atoms with Crippen molar-refractivity contribution in [2.24, 2.45) is 5.73 Å². The summed E-state index contributed by atoms with van der Waals surface area (Å²) < 4.78 is 0. The molecule has 6 nitrogen and oxygen atoms in total. The van der Waals surface area contributed by atoms with Gasteiger partial charge in [-0.2, -0.15) is 0 Å². The van der Waals surface area contributed by atoms with Crippen LogP contribution >= 0.6 is 0 Å². The molecule has 0 aromatic carbocycles. The largest absolute Gasteiger partial charge is 0.370 e. The van der Waals surface area contributed by atoms with Crippen molar-refractivity contribution in [2.75, 3.05) is 13.1 Å².